The van der Waals surface area contributed by atoms with E-state index in [0.717, 1.165) is 12.5 Å². The fraction of sp³-hybridized carbons (Fsp3) is 1.00. The molecule has 0 aromatic rings. The van der Waals surface area contributed by atoms with Crippen molar-refractivity contribution in [1.82, 2.24) is 0 Å². The van der Waals surface area contributed by atoms with E-state index >= 15 is 0 Å². The molecule has 0 saturated heterocycles. The number of hydrogen-bond donors (Lipinski definition) is 1. The van der Waals surface area contributed by atoms with Crippen LogP contribution in [0.25, 0.3) is 0 Å². The number of ether oxygens (including phenoxy) is 1. The van der Waals surface area contributed by atoms with Crippen LogP contribution in [0.4, 0.5) is 0 Å². The van der Waals surface area contributed by atoms with Crippen LogP contribution in [0.1, 0.15) is 39.0 Å². The molecule has 0 aromatic heterocycles. The maximum Gasteiger partial charge on any atom is 0.0603 e. The lowest BCUT2D eigenvalue weighted by Gasteiger charge is -2.30. The van der Waals surface area contributed by atoms with Gasteiger partial charge in [0.2, 0.25) is 0 Å². The van der Waals surface area contributed by atoms with Gasteiger partial charge in [0.15, 0.2) is 0 Å². The van der Waals surface area contributed by atoms with Gasteiger partial charge >= 0.3 is 0 Å². The van der Waals surface area contributed by atoms with Crippen LogP contribution in [0.2, 0.25) is 0 Å². The second kappa shape index (κ2) is 5.55. The first-order valence-electron chi connectivity index (χ1n) is 5.20. The van der Waals surface area contributed by atoms with Gasteiger partial charge in [-0.25, -0.2) is 0 Å². The van der Waals surface area contributed by atoms with E-state index in [2.05, 4.69) is 6.92 Å². The lowest BCUT2D eigenvalue weighted by atomic mass is 9.85. The normalized spacial score (nSPS) is 30.5. The summed E-state index contributed by atoms with van der Waals surface area (Å²) >= 11 is 0. The lowest BCUT2D eigenvalue weighted by Crippen LogP contribution is -2.29. The average Bonchev–Trinajstić information content (AvgIpc) is 2.15. The molecule has 2 unspecified atom stereocenters. The van der Waals surface area contributed by atoms with Crippen molar-refractivity contribution in [2.45, 2.75) is 45.1 Å². The quantitative estimate of drug-likeness (QED) is 0.701. The van der Waals surface area contributed by atoms with Gasteiger partial charge in [-0.15, -0.1) is 0 Å². The molecule has 1 aliphatic rings. The third-order valence-electron chi connectivity index (χ3n) is 2.81. The number of rotatable bonds is 4. The zero-order valence-corrected chi connectivity index (χ0v) is 8.09. The van der Waals surface area contributed by atoms with Crippen molar-refractivity contribution < 1.29 is 4.74 Å². The fourth-order valence-electron chi connectivity index (χ4n) is 2.08. The fourth-order valence-corrected chi connectivity index (χ4v) is 2.08. The molecule has 1 saturated carbocycles. The molecule has 1 rings (SSSR count). The van der Waals surface area contributed by atoms with Crippen LogP contribution in [-0.2, 0) is 4.74 Å². The van der Waals surface area contributed by atoms with Gasteiger partial charge in [-0.1, -0.05) is 26.2 Å². The minimum Gasteiger partial charge on any atom is -0.377 e. The molecule has 1 fully saturated rings. The van der Waals surface area contributed by atoms with Crippen molar-refractivity contribution in [1.29, 1.82) is 0 Å². The summed E-state index contributed by atoms with van der Waals surface area (Å²) in [4.78, 5) is 0. The van der Waals surface area contributed by atoms with E-state index in [1.165, 1.54) is 32.1 Å². The molecule has 0 aromatic carbocycles. The van der Waals surface area contributed by atoms with Crippen LogP contribution in [0, 0.1) is 5.92 Å². The first-order chi connectivity index (χ1) is 5.88. The Morgan fingerprint density at radius 2 is 2.08 bits per heavy atom. The van der Waals surface area contributed by atoms with E-state index < -0.39 is 0 Å². The summed E-state index contributed by atoms with van der Waals surface area (Å²) in [7, 11) is 0. The predicted molar refractivity (Wildman–Crippen MR) is 51.0 cm³/mol. The molecule has 72 valence electrons. The molecular weight excluding hydrogens is 150 g/mol. The van der Waals surface area contributed by atoms with Crippen LogP contribution in [0.15, 0.2) is 0 Å². The minimum atomic E-state index is 0.507. The molecular formula is C10H21NO. The molecule has 0 spiro atoms. The molecule has 0 amide bonds. The van der Waals surface area contributed by atoms with Gasteiger partial charge in [0.05, 0.1) is 12.7 Å². The van der Waals surface area contributed by atoms with Crippen molar-refractivity contribution in [3.05, 3.63) is 0 Å². The van der Waals surface area contributed by atoms with Crippen LogP contribution in [-0.4, -0.2) is 19.3 Å². The molecule has 0 aliphatic heterocycles. The summed E-state index contributed by atoms with van der Waals surface area (Å²) in [6.45, 7) is 3.66. The minimum absolute atomic E-state index is 0.507. The first-order valence-corrected chi connectivity index (χ1v) is 5.20. The molecule has 2 nitrogen and oxygen atoms in total. The standard InChI is InChI=1S/C10H21NO/c1-2-9-5-3-4-6-10(9)12-8-7-11/h9-10H,2-8,11H2,1H3. The molecule has 2 atom stereocenters. The largest absolute Gasteiger partial charge is 0.377 e. The highest BCUT2D eigenvalue weighted by Gasteiger charge is 2.23. The second-order valence-corrected chi connectivity index (χ2v) is 3.65. The molecule has 0 radical (unpaired) electrons. The maximum absolute atomic E-state index is 5.71. The van der Waals surface area contributed by atoms with Gasteiger partial charge in [-0.05, 0) is 18.8 Å². The van der Waals surface area contributed by atoms with Crippen molar-refractivity contribution in [2.75, 3.05) is 13.2 Å². The summed E-state index contributed by atoms with van der Waals surface area (Å²) in [5.74, 6) is 0.797. The summed E-state index contributed by atoms with van der Waals surface area (Å²) in [6.07, 6.45) is 7.10. The summed E-state index contributed by atoms with van der Waals surface area (Å²) in [5.41, 5.74) is 5.41. The zero-order valence-electron chi connectivity index (χ0n) is 8.09. The maximum atomic E-state index is 5.71. The topological polar surface area (TPSA) is 35.2 Å². The molecule has 12 heavy (non-hydrogen) atoms. The van der Waals surface area contributed by atoms with Crippen molar-refractivity contribution in [3.8, 4) is 0 Å². The van der Waals surface area contributed by atoms with Gasteiger partial charge in [-0.3, -0.25) is 0 Å². The smallest absolute Gasteiger partial charge is 0.0603 e. The Labute approximate surface area is 75.5 Å². The highest BCUT2D eigenvalue weighted by atomic mass is 16.5. The number of hydrogen-bond acceptors (Lipinski definition) is 2. The van der Waals surface area contributed by atoms with E-state index in [1.807, 2.05) is 0 Å². The average molecular weight is 171 g/mol. The Morgan fingerprint density at radius 3 is 2.75 bits per heavy atom. The van der Waals surface area contributed by atoms with E-state index in [0.29, 0.717) is 12.6 Å². The van der Waals surface area contributed by atoms with E-state index in [1.54, 1.807) is 0 Å². The third kappa shape index (κ3) is 2.76. The van der Waals surface area contributed by atoms with E-state index in [9.17, 15) is 0 Å². The summed E-state index contributed by atoms with van der Waals surface area (Å²) < 4.78 is 5.71. The molecule has 1 aliphatic carbocycles. The first kappa shape index (κ1) is 10.0. The molecule has 0 bridgehead atoms. The Balaban J connectivity index is 2.26. The van der Waals surface area contributed by atoms with Crippen molar-refractivity contribution in [2.24, 2.45) is 11.7 Å². The molecule has 2 heteroatoms. The van der Waals surface area contributed by atoms with Gasteiger partial charge in [0, 0.05) is 6.54 Å². The van der Waals surface area contributed by atoms with Crippen molar-refractivity contribution in [3.63, 3.8) is 0 Å². The predicted octanol–water partition coefficient (Wildman–Crippen LogP) is 1.93. The lowest BCUT2D eigenvalue weighted by molar-refractivity contribution is -0.00799. The zero-order chi connectivity index (χ0) is 8.81. The van der Waals surface area contributed by atoms with Gasteiger partial charge in [0.25, 0.3) is 0 Å². The monoisotopic (exact) mass is 171 g/mol. The van der Waals surface area contributed by atoms with Gasteiger partial charge < -0.3 is 10.5 Å². The Kier molecular flexibility index (Phi) is 4.62. The van der Waals surface area contributed by atoms with Crippen LogP contribution in [0.3, 0.4) is 0 Å². The van der Waals surface area contributed by atoms with E-state index in [4.69, 9.17) is 10.5 Å². The van der Waals surface area contributed by atoms with Crippen LogP contribution >= 0.6 is 0 Å². The van der Waals surface area contributed by atoms with Crippen LogP contribution in [0.5, 0.6) is 0 Å². The Bertz CT molecular complexity index is 116. The highest BCUT2D eigenvalue weighted by Crippen LogP contribution is 2.28. The van der Waals surface area contributed by atoms with E-state index in [-0.39, 0.29) is 0 Å². The van der Waals surface area contributed by atoms with Gasteiger partial charge in [-0.2, -0.15) is 0 Å². The SMILES string of the molecule is CCC1CCCCC1OCCN. The van der Waals surface area contributed by atoms with Crippen molar-refractivity contribution >= 4 is 0 Å². The number of nitrogens with two attached hydrogens (primary N) is 1. The Morgan fingerprint density at radius 1 is 1.33 bits per heavy atom. The highest BCUT2D eigenvalue weighted by molar-refractivity contribution is 4.74. The molecule has 0 heterocycles. The third-order valence-corrected chi connectivity index (χ3v) is 2.81. The summed E-state index contributed by atoms with van der Waals surface area (Å²) in [5, 5.41) is 0. The second-order valence-electron chi connectivity index (χ2n) is 3.65. The van der Waals surface area contributed by atoms with Gasteiger partial charge in [0.1, 0.15) is 0 Å². The summed E-state index contributed by atoms with van der Waals surface area (Å²) in [6, 6.07) is 0. The Hall–Kier alpha value is -0.0800. The van der Waals surface area contributed by atoms with Crippen LogP contribution < -0.4 is 5.73 Å². The molecule has 2 N–H and O–H groups in total.